The Morgan fingerprint density at radius 3 is 2.04 bits per heavy atom. The average Bonchev–Trinajstić information content (AvgIpc) is 2.64. The number of benzene rings is 1. The van der Waals surface area contributed by atoms with Crippen molar-refractivity contribution in [3.05, 3.63) is 30.3 Å². The second-order valence-electron chi connectivity index (χ2n) is 6.41. The molecule has 8 heteroatoms. The average molecular weight is 400 g/mol. The summed E-state index contributed by atoms with van der Waals surface area (Å²) in [6.45, 7) is 7.87. The molecule has 2 saturated heterocycles. The topological polar surface area (TPSA) is 53.8 Å². The Morgan fingerprint density at radius 2 is 1.46 bits per heavy atom. The van der Waals surface area contributed by atoms with Crippen molar-refractivity contribution < 1.29 is 4.79 Å². The van der Waals surface area contributed by atoms with E-state index in [4.69, 9.17) is 5.26 Å². The van der Waals surface area contributed by atoms with Gasteiger partial charge in [0.2, 0.25) is 5.91 Å². The number of hydrogen-bond acceptors (Lipinski definition) is 5. The van der Waals surface area contributed by atoms with Crippen LogP contribution < -0.4 is 4.90 Å². The highest BCUT2D eigenvalue weighted by atomic mass is 35.5. The van der Waals surface area contributed by atoms with Gasteiger partial charge < -0.3 is 9.80 Å². The predicted octanol–water partition coefficient (Wildman–Crippen LogP) is 1.32. The lowest BCUT2D eigenvalue weighted by molar-refractivity contribution is -0.133. The van der Waals surface area contributed by atoms with E-state index >= 15 is 0 Å². The highest BCUT2D eigenvalue weighted by Crippen LogP contribution is 2.15. The van der Waals surface area contributed by atoms with Crippen molar-refractivity contribution in [3.63, 3.8) is 0 Å². The Balaban J connectivity index is 0.00000169. The standard InChI is InChI=1S/C18H25N5O.2ClH/c19-6-7-20-8-10-21(11-9-20)16-18(24)23-14-12-22(13-15-23)17-4-2-1-3-5-17;;/h1-5H,7-16H2;2*1H. The molecule has 1 aromatic rings. The Bertz CT molecular complexity index is 579. The molecule has 0 aliphatic carbocycles. The van der Waals surface area contributed by atoms with Gasteiger partial charge in [0.25, 0.3) is 0 Å². The maximum atomic E-state index is 12.5. The molecule has 2 aliphatic rings. The molecule has 144 valence electrons. The molecular weight excluding hydrogens is 373 g/mol. The second-order valence-corrected chi connectivity index (χ2v) is 6.41. The van der Waals surface area contributed by atoms with Gasteiger partial charge in [-0.15, -0.1) is 24.8 Å². The molecule has 26 heavy (non-hydrogen) atoms. The Labute approximate surface area is 168 Å². The van der Waals surface area contributed by atoms with Crippen LogP contribution in [0.1, 0.15) is 0 Å². The van der Waals surface area contributed by atoms with Gasteiger partial charge in [0.05, 0.1) is 19.2 Å². The van der Waals surface area contributed by atoms with E-state index in [2.05, 4.69) is 45.0 Å². The first-order valence-electron chi connectivity index (χ1n) is 8.66. The number of nitriles is 1. The monoisotopic (exact) mass is 399 g/mol. The highest BCUT2D eigenvalue weighted by Gasteiger charge is 2.24. The molecule has 0 saturated carbocycles. The fourth-order valence-corrected chi connectivity index (χ4v) is 3.35. The fourth-order valence-electron chi connectivity index (χ4n) is 3.35. The summed E-state index contributed by atoms with van der Waals surface area (Å²) in [6, 6.07) is 12.6. The van der Waals surface area contributed by atoms with Crippen molar-refractivity contribution in [1.29, 1.82) is 5.26 Å². The number of amides is 1. The van der Waals surface area contributed by atoms with E-state index in [9.17, 15) is 4.79 Å². The molecule has 3 rings (SSSR count). The lowest BCUT2D eigenvalue weighted by Crippen LogP contribution is -2.53. The third-order valence-electron chi connectivity index (χ3n) is 4.87. The van der Waals surface area contributed by atoms with Crippen LogP contribution in [-0.2, 0) is 4.79 Å². The van der Waals surface area contributed by atoms with E-state index in [0.717, 1.165) is 52.4 Å². The summed E-state index contributed by atoms with van der Waals surface area (Å²) < 4.78 is 0. The minimum atomic E-state index is 0. The zero-order valence-corrected chi connectivity index (χ0v) is 16.6. The number of carbonyl (C=O) groups is 1. The normalized spacial score (nSPS) is 18.4. The van der Waals surface area contributed by atoms with Gasteiger partial charge in [-0.25, -0.2) is 0 Å². The van der Waals surface area contributed by atoms with Crippen molar-refractivity contribution in [2.45, 2.75) is 0 Å². The number of anilines is 1. The Kier molecular flexibility index (Phi) is 9.74. The lowest BCUT2D eigenvalue weighted by atomic mass is 10.2. The third kappa shape index (κ3) is 6.03. The largest absolute Gasteiger partial charge is 0.368 e. The number of piperazine rings is 2. The van der Waals surface area contributed by atoms with Gasteiger partial charge in [-0.05, 0) is 12.1 Å². The molecule has 1 aromatic carbocycles. The van der Waals surface area contributed by atoms with Crippen LogP contribution >= 0.6 is 24.8 Å². The lowest BCUT2D eigenvalue weighted by Gasteiger charge is -2.38. The van der Waals surface area contributed by atoms with Crippen molar-refractivity contribution in [1.82, 2.24) is 14.7 Å². The maximum absolute atomic E-state index is 12.5. The number of rotatable bonds is 4. The summed E-state index contributed by atoms with van der Waals surface area (Å²) in [7, 11) is 0. The molecule has 0 N–H and O–H groups in total. The number of para-hydroxylation sites is 1. The molecule has 0 aromatic heterocycles. The first kappa shape index (κ1) is 22.5. The van der Waals surface area contributed by atoms with E-state index in [1.807, 2.05) is 11.0 Å². The van der Waals surface area contributed by atoms with Crippen LogP contribution in [0.25, 0.3) is 0 Å². The summed E-state index contributed by atoms with van der Waals surface area (Å²) in [6.07, 6.45) is 0. The molecular formula is C18H27Cl2N5O. The summed E-state index contributed by atoms with van der Waals surface area (Å²) in [5, 5.41) is 8.73. The molecule has 2 heterocycles. The highest BCUT2D eigenvalue weighted by molar-refractivity contribution is 5.85. The second kappa shape index (κ2) is 11.2. The minimum Gasteiger partial charge on any atom is -0.368 e. The van der Waals surface area contributed by atoms with Crippen LogP contribution in [0.5, 0.6) is 0 Å². The zero-order chi connectivity index (χ0) is 16.8. The molecule has 0 unspecified atom stereocenters. The smallest absolute Gasteiger partial charge is 0.236 e. The van der Waals surface area contributed by atoms with E-state index in [-0.39, 0.29) is 30.7 Å². The van der Waals surface area contributed by atoms with E-state index in [1.165, 1.54) is 5.69 Å². The van der Waals surface area contributed by atoms with Gasteiger partial charge in [-0.3, -0.25) is 14.6 Å². The first-order chi connectivity index (χ1) is 11.8. The molecule has 0 atom stereocenters. The summed E-state index contributed by atoms with van der Waals surface area (Å²) >= 11 is 0. The van der Waals surface area contributed by atoms with Gasteiger partial charge >= 0.3 is 0 Å². The van der Waals surface area contributed by atoms with E-state index in [1.54, 1.807) is 0 Å². The van der Waals surface area contributed by atoms with Crippen molar-refractivity contribution >= 4 is 36.4 Å². The molecule has 2 fully saturated rings. The number of carbonyl (C=O) groups excluding carboxylic acids is 1. The number of nitrogens with zero attached hydrogens (tertiary/aromatic N) is 5. The third-order valence-corrected chi connectivity index (χ3v) is 4.87. The molecule has 1 amide bonds. The van der Waals surface area contributed by atoms with Crippen LogP contribution in [0.4, 0.5) is 5.69 Å². The van der Waals surface area contributed by atoms with Crippen molar-refractivity contribution in [2.75, 3.05) is 70.3 Å². The zero-order valence-electron chi connectivity index (χ0n) is 14.9. The van der Waals surface area contributed by atoms with Crippen LogP contribution in [-0.4, -0.2) is 86.1 Å². The summed E-state index contributed by atoms with van der Waals surface area (Å²) in [5.74, 6) is 0.233. The van der Waals surface area contributed by atoms with Gasteiger partial charge in [0, 0.05) is 58.0 Å². The predicted molar refractivity (Wildman–Crippen MR) is 108 cm³/mol. The van der Waals surface area contributed by atoms with E-state index in [0.29, 0.717) is 13.1 Å². The number of halogens is 2. The van der Waals surface area contributed by atoms with Crippen LogP contribution in [0.15, 0.2) is 30.3 Å². The van der Waals surface area contributed by atoms with Gasteiger partial charge in [0.1, 0.15) is 0 Å². The van der Waals surface area contributed by atoms with Crippen molar-refractivity contribution in [3.8, 4) is 6.07 Å². The van der Waals surface area contributed by atoms with E-state index < -0.39 is 0 Å². The molecule has 2 aliphatic heterocycles. The van der Waals surface area contributed by atoms with Gasteiger partial charge in [0.15, 0.2) is 0 Å². The van der Waals surface area contributed by atoms with Crippen LogP contribution in [0.3, 0.4) is 0 Å². The first-order valence-corrected chi connectivity index (χ1v) is 8.66. The molecule has 0 bridgehead atoms. The molecule has 0 spiro atoms. The minimum absolute atomic E-state index is 0. The Hall–Kier alpha value is -1.52. The van der Waals surface area contributed by atoms with Crippen LogP contribution in [0.2, 0.25) is 0 Å². The summed E-state index contributed by atoms with van der Waals surface area (Å²) in [4.78, 5) is 21.2. The van der Waals surface area contributed by atoms with Crippen LogP contribution in [0, 0.1) is 11.3 Å². The van der Waals surface area contributed by atoms with Gasteiger partial charge in [-0.1, -0.05) is 18.2 Å². The fraction of sp³-hybridized carbons (Fsp3) is 0.556. The van der Waals surface area contributed by atoms with Gasteiger partial charge in [-0.2, -0.15) is 5.26 Å². The Morgan fingerprint density at radius 1 is 0.885 bits per heavy atom. The van der Waals surface area contributed by atoms with Crippen molar-refractivity contribution in [2.24, 2.45) is 0 Å². The summed E-state index contributed by atoms with van der Waals surface area (Å²) in [5.41, 5.74) is 1.23. The molecule has 6 nitrogen and oxygen atoms in total. The quantitative estimate of drug-likeness (QED) is 0.714. The number of hydrogen-bond donors (Lipinski definition) is 0. The SMILES string of the molecule is Cl.Cl.N#CCN1CCN(CC(=O)N2CCN(c3ccccc3)CC2)CC1. The maximum Gasteiger partial charge on any atom is 0.236 e. The molecule has 0 radical (unpaired) electrons.